The summed E-state index contributed by atoms with van der Waals surface area (Å²) in [6.07, 6.45) is 2.61. The number of nitriles is 1. The van der Waals surface area contributed by atoms with Crippen molar-refractivity contribution < 1.29 is 9.84 Å². The van der Waals surface area contributed by atoms with Crippen LogP contribution in [0.1, 0.15) is 58.1 Å². The van der Waals surface area contributed by atoms with Crippen molar-refractivity contribution in [3.63, 3.8) is 0 Å². The normalized spacial score (nSPS) is 21.3. The summed E-state index contributed by atoms with van der Waals surface area (Å²) in [6.45, 7) is 6.94. The van der Waals surface area contributed by atoms with Crippen LogP contribution >= 0.6 is 0 Å². The monoisotopic (exact) mass is 287 g/mol. The Bertz CT molecular complexity index is 520. The Morgan fingerprint density at radius 1 is 1.24 bits per heavy atom. The summed E-state index contributed by atoms with van der Waals surface area (Å²) in [7, 11) is 0. The Labute approximate surface area is 127 Å². The average Bonchev–Trinajstić information content (AvgIpc) is 2.48. The highest BCUT2D eigenvalue weighted by molar-refractivity contribution is 5.37. The highest BCUT2D eigenvalue weighted by atomic mass is 16.5. The van der Waals surface area contributed by atoms with E-state index in [9.17, 15) is 10.4 Å². The summed E-state index contributed by atoms with van der Waals surface area (Å²) in [4.78, 5) is 0. The minimum atomic E-state index is -0.790. The van der Waals surface area contributed by atoms with E-state index in [1.54, 1.807) is 0 Å². The van der Waals surface area contributed by atoms with Gasteiger partial charge in [-0.1, -0.05) is 32.0 Å². The fourth-order valence-corrected chi connectivity index (χ4v) is 3.11. The second-order valence-electron chi connectivity index (χ2n) is 6.81. The predicted molar refractivity (Wildman–Crippen MR) is 82.9 cm³/mol. The maximum absolute atomic E-state index is 10.9. The van der Waals surface area contributed by atoms with Gasteiger partial charge in [0.15, 0.2) is 0 Å². The molecule has 3 nitrogen and oxygen atoms in total. The molecular weight excluding hydrogens is 262 g/mol. The lowest BCUT2D eigenvalue weighted by atomic mass is 9.62. The number of para-hydroxylation sites is 1. The second-order valence-corrected chi connectivity index (χ2v) is 6.81. The van der Waals surface area contributed by atoms with Crippen molar-refractivity contribution in [3.8, 4) is 11.8 Å². The molecule has 1 aliphatic rings. The minimum absolute atomic E-state index is 0.263. The molecule has 1 atom stereocenters. The molecule has 3 heteroatoms. The maximum Gasteiger partial charge on any atom is 0.125 e. The molecule has 1 fully saturated rings. The molecule has 1 aromatic carbocycles. The largest absolute Gasteiger partial charge is 0.493 e. The van der Waals surface area contributed by atoms with Crippen LogP contribution in [0, 0.1) is 22.2 Å². The molecule has 2 rings (SSSR count). The van der Waals surface area contributed by atoms with Gasteiger partial charge in [-0.15, -0.1) is 0 Å². The van der Waals surface area contributed by atoms with Crippen molar-refractivity contribution in [3.05, 3.63) is 29.8 Å². The van der Waals surface area contributed by atoms with Crippen molar-refractivity contribution in [2.75, 3.05) is 6.61 Å². The molecule has 21 heavy (non-hydrogen) atoms. The molecule has 0 amide bonds. The van der Waals surface area contributed by atoms with E-state index >= 15 is 0 Å². The standard InChI is InChI=1S/C18H25NO2/c1-4-21-15-8-6-5-7-14(15)16(20)18(13-19)11-9-17(2,3)10-12-18/h5-8,16,20H,4,9-12H2,1-3H3. The minimum Gasteiger partial charge on any atom is -0.493 e. The number of hydrogen-bond acceptors (Lipinski definition) is 3. The molecular formula is C18H25NO2. The van der Waals surface area contributed by atoms with Crippen LogP contribution < -0.4 is 4.74 Å². The first-order valence-corrected chi connectivity index (χ1v) is 7.75. The Hall–Kier alpha value is -1.53. The molecule has 1 N–H and O–H groups in total. The SMILES string of the molecule is CCOc1ccccc1C(O)C1(C#N)CCC(C)(C)CC1. The van der Waals surface area contributed by atoms with Crippen LogP contribution in [0.15, 0.2) is 24.3 Å². The number of aliphatic hydroxyl groups excluding tert-OH is 1. The first-order valence-electron chi connectivity index (χ1n) is 7.75. The highest BCUT2D eigenvalue weighted by Gasteiger charge is 2.45. The number of nitrogens with zero attached hydrogens (tertiary/aromatic N) is 1. The molecule has 0 bridgehead atoms. The molecule has 1 saturated carbocycles. The topological polar surface area (TPSA) is 53.2 Å². The van der Waals surface area contributed by atoms with Gasteiger partial charge in [0.1, 0.15) is 11.9 Å². The van der Waals surface area contributed by atoms with Gasteiger partial charge >= 0.3 is 0 Å². The van der Waals surface area contributed by atoms with Crippen LogP contribution in [0.5, 0.6) is 5.75 Å². The number of rotatable bonds is 4. The van der Waals surface area contributed by atoms with Gasteiger partial charge in [-0.2, -0.15) is 5.26 Å². The van der Waals surface area contributed by atoms with Gasteiger partial charge in [0.05, 0.1) is 18.1 Å². The Balaban J connectivity index is 2.30. The molecule has 0 aliphatic heterocycles. The smallest absolute Gasteiger partial charge is 0.125 e. The summed E-state index contributed by atoms with van der Waals surface area (Å²) >= 11 is 0. The van der Waals surface area contributed by atoms with Crippen LogP contribution in [-0.4, -0.2) is 11.7 Å². The second kappa shape index (κ2) is 6.07. The fourth-order valence-electron chi connectivity index (χ4n) is 3.11. The van der Waals surface area contributed by atoms with Crippen molar-refractivity contribution in [1.82, 2.24) is 0 Å². The molecule has 0 radical (unpaired) electrons. The molecule has 0 heterocycles. The Kier molecular flexibility index (Phi) is 4.58. The lowest BCUT2D eigenvalue weighted by molar-refractivity contribution is 0.00802. The number of hydrogen-bond donors (Lipinski definition) is 1. The van der Waals surface area contributed by atoms with E-state index in [1.807, 2.05) is 31.2 Å². The number of ether oxygens (including phenoxy) is 1. The van der Waals surface area contributed by atoms with Crippen LogP contribution in [0.4, 0.5) is 0 Å². The summed E-state index contributed by atoms with van der Waals surface area (Å²) < 4.78 is 5.61. The predicted octanol–water partition coefficient (Wildman–Crippen LogP) is 4.23. The molecule has 1 aromatic rings. The zero-order valence-corrected chi connectivity index (χ0v) is 13.2. The average molecular weight is 287 g/mol. The molecule has 0 aromatic heterocycles. The van der Waals surface area contributed by atoms with Gasteiger partial charge in [-0.3, -0.25) is 0 Å². The van der Waals surface area contributed by atoms with Crippen LogP contribution in [0.2, 0.25) is 0 Å². The zero-order valence-electron chi connectivity index (χ0n) is 13.2. The van der Waals surface area contributed by atoms with Crippen molar-refractivity contribution in [2.24, 2.45) is 10.8 Å². The van der Waals surface area contributed by atoms with Gasteiger partial charge in [-0.25, -0.2) is 0 Å². The summed E-state index contributed by atoms with van der Waals surface area (Å²) in [5.74, 6) is 0.687. The van der Waals surface area contributed by atoms with Crippen molar-refractivity contribution >= 4 is 0 Å². The van der Waals surface area contributed by atoms with E-state index in [1.165, 1.54) is 0 Å². The Morgan fingerprint density at radius 2 is 1.86 bits per heavy atom. The highest BCUT2D eigenvalue weighted by Crippen LogP contribution is 2.51. The van der Waals surface area contributed by atoms with Gasteiger partial charge in [0.25, 0.3) is 0 Å². The number of aliphatic hydroxyl groups is 1. The van der Waals surface area contributed by atoms with Gasteiger partial charge < -0.3 is 9.84 Å². The van der Waals surface area contributed by atoms with E-state index in [0.29, 0.717) is 12.4 Å². The van der Waals surface area contributed by atoms with E-state index in [4.69, 9.17) is 4.74 Å². The lowest BCUT2D eigenvalue weighted by Crippen LogP contribution is -2.35. The summed E-state index contributed by atoms with van der Waals surface area (Å²) in [5.41, 5.74) is 0.308. The van der Waals surface area contributed by atoms with E-state index in [0.717, 1.165) is 31.2 Å². The zero-order chi connectivity index (χ0) is 15.5. The molecule has 114 valence electrons. The molecule has 0 saturated heterocycles. The molecule has 1 aliphatic carbocycles. The summed E-state index contributed by atoms with van der Waals surface area (Å²) in [5, 5.41) is 20.6. The maximum atomic E-state index is 10.9. The fraction of sp³-hybridized carbons (Fsp3) is 0.611. The first kappa shape index (κ1) is 15.9. The van der Waals surface area contributed by atoms with E-state index < -0.39 is 11.5 Å². The third-order valence-corrected chi connectivity index (χ3v) is 4.76. The number of benzene rings is 1. The van der Waals surface area contributed by atoms with Crippen molar-refractivity contribution in [2.45, 2.75) is 52.6 Å². The lowest BCUT2D eigenvalue weighted by Gasteiger charge is -2.42. The van der Waals surface area contributed by atoms with Gasteiger partial charge in [-0.05, 0) is 44.1 Å². The van der Waals surface area contributed by atoms with Crippen LogP contribution in [-0.2, 0) is 0 Å². The quantitative estimate of drug-likeness (QED) is 0.901. The third-order valence-electron chi connectivity index (χ3n) is 4.76. The molecule has 1 unspecified atom stereocenters. The summed E-state index contributed by atoms with van der Waals surface area (Å²) in [6, 6.07) is 9.93. The molecule has 0 spiro atoms. The van der Waals surface area contributed by atoms with Crippen LogP contribution in [0.3, 0.4) is 0 Å². The Morgan fingerprint density at radius 3 is 2.43 bits per heavy atom. The first-order chi connectivity index (χ1) is 9.94. The van der Waals surface area contributed by atoms with Gasteiger partial charge in [0.2, 0.25) is 0 Å². The van der Waals surface area contributed by atoms with Crippen LogP contribution in [0.25, 0.3) is 0 Å². The van der Waals surface area contributed by atoms with E-state index in [2.05, 4.69) is 19.9 Å². The van der Waals surface area contributed by atoms with Gasteiger partial charge in [0, 0.05) is 5.56 Å². The van der Waals surface area contributed by atoms with E-state index in [-0.39, 0.29) is 5.41 Å². The van der Waals surface area contributed by atoms with Crippen molar-refractivity contribution in [1.29, 1.82) is 5.26 Å². The third kappa shape index (κ3) is 3.22.